The maximum atomic E-state index is 9.84. The first-order chi connectivity index (χ1) is 7.20. The number of nitrogens with zero attached hydrogens (tertiary/aromatic N) is 1. The Hall–Kier alpha value is -1.06. The third kappa shape index (κ3) is 2.94. The van der Waals surface area contributed by atoms with Crippen LogP contribution in [-0.2, 0) is 0 Å². The highest BCUT2D eigenvalue weighted by Crippen LogP contribution is 2.26. The second-order valence-electron chi connectivity index (χ2n) is 3.63. The molecule has 3 nitrogen and oxygen atoms in total. The number of rotatable bonds is 5. The van der Waals surface area contributed by atoms with Gasteiger partial charge in [0.05, 0.1) is 12.7 Å². The third-order valence-corrected chi connectivity index (χ3v) is 2.53. The molecule has 2 N–H and O–H groups in total. The topological polar surface area (TPSA) is 43.7 Å². The first-order valence-corrected chi connectivity index (χ1v) is 5.29. The minimum Gasteiger partial charge on any atom is -0.395 e. The summed E-state index contributed by atoms with van der Waals surface area (Å²) >= 11 is 0. The summed E-state index contributed by atoms with van der Waals surface area (Å²) in [5, 5.41) is 18.7. The number of aliphatic hydroxyl groups excluding tert-OH is 2. The van der Waals surface area contributed by atoms with Crippen molar-refractivity contribution in [1.82, 2.24) is 0 Å². The Labute approximate surface area is 91.0 Å². The van der Waals surface area contributed by atoms with Gasteiger partial charge in [-0.3, -0.25) is 0 Å². The summed E-state index contributed by atoms with van der Waals surface area (Å²) in [5.41, 5.74) is 1.91. The molecule has 0 aliphatic heterocycles. The van der Waals surface area contributed by atoms with Crippen molar-refractivity contribution in [3.05, 3.63) is 29.8 Å². The van der Waals surface area contributed by atoms with Crippen molar-refractivity contribution in [2.45, 2.75) is 19.4 Å². The van der Waals surface area contributed by atoms with E-state index in [9.17, 15) is 5.11 Å². The lowest BCUT2D eigenvalue weighted by Crippen LogP contribution is -2.22. The van der Waals surface area contributed by atoms with E-state index in [4.69, 9.17) is 5.11 Å². The summed E-state index contributed by atoms with van der Waals surface area (Å²) in [5.74, 6) is 0. The summed E-state index contributed by atoms with van der Waals surface area (Å²) in [4.78, 5) is 1.95. The van der Waals surface area contributed by atoms with Gasteiger partial charge >= 0.3 is 0 Å². The van der Waals surface area contributed by atoms with E-state index in [2.05, 4.69) is 0 Å². The van der Waals surface area contributed by atoms with Crippen molar-refractivity contribution in [1.29, 1.82) is 0 Å². The number of aliphatic hydroxyl groups is 2. The van der Waals surface area contributed by atoms with Crippen LogP contribution in [0.15, 0.2) is 24.3 Å². The standard InChI is InChI=1S/C12H19NO2/c1-3-12(15)10-6-4-5-7-11(10)13(2)8-9-14/h4-7,12,14-15H,3,8-9H2,1-2H3/t12-/m1/s1. The van der Waals surface area contributed by atoms with Crippen LogP contribution >= 0.6 is 0 Å². The van der Waals surface area contributed by atoms with Crippen molar-refractivity contribution in [3.63, 3.8) is 0 Å². The summed E-state index contributed by atoms with van der Waals surface area (Å²) in [6.45, 7) is 2.65. The number of hydrogen-bond acceptors (Lipinski definition) is 3. The average molecular weight is 209 g/mol. The van der Waals surface area contributed by atoms with E-state index >= 15 is 0 Å². The van der Waals surface area contributed by atoms with E-state index in [1.807, 2.05) is 43.1 Å². The molecule has 0 aromatic heterocycles. The molecule has 0 saturated carbocycles. The van der Waals surface area contributed by atoms with Crippen molar-refractivity contribution in [3.8, 4) is 0 Å². The Morgan fingerprint density at radius 3 is 2.60 bits per heavy atom. The minimum absolute atomic E-state index is 0.118. The lowest BCUT2D eigenvalue weighted by atomic mass is 10.0. The fourth-order valence-electron chi connectivity index (χ4n) is 1.61. The fraction of sp³-hybridized carbons (Fsp3) is 0.500. The smallest absolute Gasteiger partial charge is 0.0807 e. The lowest BCUT2D eigenvalue weighted by molar-refractivity contribution is 0.174. The van der Waals surface area contributed by atoms with Gasteiger partial charge in [0.2, 0.25) is 0 Å². The van der Waals surface area contributed by atoms with Gasteiger partial charge in [0.25, 0.3) is 0 Å². The van der Waals surface area contributed by atoms with Crippen LogP contribution in [0.5, 0.6) is 0 Å². The van der Waals surface area contributed by atoms with E-state index < -0.39 is 6.10 Å². The minimum atomic E-state index is -0.428. The van der Waals surface area contributed by atoms with Crippen LogP contribution in [0.4, 0.5) is 5.69 Å². The van der Waals surface area contributed by atoms with Gasteiger partial charge in [-0.15, -0.1) is 0 Å². The zero-order valence-electron chi connectivity index (χ0n) is 9.35. The fourth-order valence-corrected chi connectivity index (χ4v) is 1.61. The number of likely N-dealkylation sites (N-methyl/N-ethyl adjacent to an activating group) is 1. The Morgan fingerprint density at radius 1 is 1.33 bits per heavy atom. The van der Waals surface area contributed by atoms with Crippen LogP contribution < -0.4 is 4.90 Å². The van der Waals surface area contributed by atoms with Gasteiger partial charge < -0.3 is 15.1 Å². The summed E-state index contributed by atoms with van der Waals surface area (Å²) in [7, 11) is 1.91. The lowest BCUT2D eigenvalue weighted by Gasteiger charge is -2.23. The highest BCUT2D eigenvalue weighted by Gasteiger charge is 2.12. The van der Waals surface area contributed by atoms with Gasteiger partial charge in [-0.1, -0.05) is 25.1 Å². The first-order valence-electron chi connectivity index (χ1n) is 5.29. The number of anilines is 1. The highest BCUT2D eigenvalue weighted by atomic mass is 16.3. The number of hydrogen-bond donors (Lipinski definition) is 2. The third-order valence-electron chi connectivity index (χ3n) is 2.53. The number of benzene rings is 1. The predicted octanol–water partition coefficient (Wildman–Crippen LogP) is 1.56. The van der Waals surface area contributed by atoms with E-state index in [-0.39, 0.29) is 6.61 Å². The molecule has 0 fully saturated rings. The van der Waals surface area contributed by atoms with Crippen LogP contribution in [-0.4, -0.2) is 30.4 Å². The molecule has 1 aromatic carbocycles. The molecule has 0 radical (unpaired) electrons. The van der Waals surface area contributed by atoms with E-state index in [0.29, 0.717) is 13.0 Å². The molecule has 0 bridgehead atoms. The average Bonchev–Trinajstić information content (AvgIpc) is 2.28. The second kappa shape index (κ2) is 5.73. The normalized spacial score (nSPS) is 12.5. The Balaban J connectivity index is 2.95. The molecule has 0 unspecified atom stereocenters. The van der Waals surface area contributed by atoms with Gasteiger partial charge in [-0.05, 0) is 12.5 Å². The quantitative estimate of drug-likeness (QED) is 0.773. The molecule has 1 rings (SSSR count). The van der Waals surface area contributed by atoms with Crippen molar-refractivity contribution in [2.24, 2.45) is 0 Å². The molecule has 84 valence electrons. The van der Waals surface area contributed by atoms with Crippen molar-refractivity contribution in [2.75, 3.05) is 25.1 Å². The largest absolute Gasteiger partial charge is 0.395 e. The summed E-state index contributed by atoms with van der Waals surface area (Å²) < 4.78 is 0. The molecule has 3 heteroatoms. The van der Waals surface area contributed by atoms with Crippen molar-refractivity contribution >= 4 is 5.69 Å². The molecule has 1 aromatic rings. The Morgan fingerprint density at radius 2 is 2.00 bits per heavy atom. The molecule has 0 spiro atoms. The molecular formula is C12H19NO2. The number of para-hydroxylation sites is 1. The Bertz CT molecular complexity index is 301. The molecule has 0 amide bonds. The maximum Gasteiger partial charge on any atom is 0.0807 e. The molecule has 0 heterocycles. The monoisotopic (exact) mass is 209 g/mol. The van der Waals surface area contributed by atoms with Gasteiger partial charge in [-0.2, -0.15) is 0 Å². The zero-order valence-corrected chi connectivity index (χ0v) is 9.35. The van der Waals surface area contributed by atoms with Gasteiger partial charge in [0.1, 0.15) is 0 Å². The molecule has 0 aliphatic rings. The molecule has 15 heavy (non-hydrogen) atoms. The van der Waals surface area contributed by atoms with Gasteiger partial charge in [-0.25, -0.2) is 0 Å². The molecule has 0 saturated heterocycles. The van der Waals surface area contributed by atoms with Crippen LogP contribution in [0, 0.1) is 0 Å². The van der Waals surface area contributed by atoms with E-state index in [0.717, 1.165) is 11.3 Å². The SMILES string of the molecule is CC[C@@H](O)c1ccccc1N(C)CCO. The van der Waals surface area contributed by atoms with E-state index in [1.165, 1.54) is 0 Å². The van der Waals surface area contributed by atoms with Crippen LogP contribution in [0.2, 0.25) is 0 Å². The van der Waals surface area contributed by atoms with Crippen LogP contribution in [0.25, 0.3) is 0 Å². The second-order valence-corrected chi connectivity index (χ2v) is 3.63. The highest BCUT2D eigenvalue weighted by molar-refractivity contribution is 5.54. The van der Waals surface area contributed by atoms with E-state index in [1.54, 1.807) is 0 Å². The maximum absolute atomic E-state index is 9.84. The summed E-state index contributed by atoms with van der Waals surface area (Å²) in [6, 6.07) is 7.75. The van der Waals surface area contributed by atoms with Crippen LogP contribution in [0.1, 0.15) is 25.0 Å². The zero-order chi connectivity index (χ0) is 11.3. The summed E-state index contributed by atoms with van der Waals surface area (Å²) in [6.07, 6.45) is 0.270. The molecular weight excluding hydrogens is 190 g/mol. The first kappa shape index (κ1) is 12.0. The molecule has 0 aliphatic carbocycles. The van der Waals surface area contributed by atoms with Crippen LogP contribution in [0.3, 0.4) is 0 Å². The van der Waals surface area contributed by atoms with Crippen molar-refractivity contribution < 1.29 is 10.2 Å². The van der Waals surface area contributed by atoms with Gasteiger partial charge in [0, 0.05) is 24.8 Å². The predicted molar refractivity (Wildman–Crippen MR) is 62.0 cm³/mol. The Kier molecular flexibility index (Phi) is 4.59. The molecule has 1 atom stereocenters. The van der Waals surface area contributed by atoms with Gasteiger partial charge in [0.15, 0.2) is 0 Å².